The Bertz CT molecular complexity index is 373. The Morgan fingerprint density at radius 2 is 1.07 bits per heavy atom. The van der Waals surface area contributed by atoms with E-state index in [-0.39, 0.29) is 5.60 Å². The van der Waals surface area contributed by atoms with Crippen LogP contribution in [0.25, 0.3) is 0 Å². The molecule has 1 atom stereocenters. The molecule has 0 amide bonds. The van der Waals surface area contributed by atoms with Crippen LogP contribution in [-0.2, 0) is 0 Å². The highest BCUT2D eigenvalue weighted by atomic mass is 16.3. The van der Waals surface area contributed by atoms with Crippen molar-refractivity contribution in [3.63, 3.8) is 0 Å². The molecular formula is C29H56O. The van der Waals surface area contributed by atoms with Crippen molar-refractivity contribution in [3.8, 4) is 0 Å². The van der Waals surface area contributed by atoms with Gasteiger partial charge < -0.3 is 5.11 Å². The molecule has 2 saturated carbocycles. The molecule has 1 nitrogen and oxygen atoms in total. The summed E-state index contributed by atoms with van der Waals surface area (Å²) >= 11 is 0. The van der Waals surface area contributed by atoms with Gasteiger partial charge in [-0.25, -0.2) is 0 Å². The largest absolute Gasteiger partial charge is 0.389 e. The fourth-order valence-electron chi connectivity index (χ4n) is 6.55. The van der Waals surface area contributed by atoms with Gasteiger partial charge >= 0.3 is 0 Å². The van der Waals surface area contributed by atoms with Crippen LogP contribution < -0.4 is 0 Å². The fraction of sp³-hybridized carbons (Fsp3) is 1.00. The molecule has 0 radical (unpaired) electrons. The van der Waals surface area contributed by atoms with Crippen molar-refractivity contribution >= 4 is 0 Å². The topological polar surface area (TPSA) is 20.2 Å². The second kappa shape index (κ2) is 15.7. The third-order valence-corrected chi connectivity index (χ3v) is 8.71. The minimum Gasteiger partial charge on any atom is -0.389 e. The number of hydrogen-bond donors (Lipinski definition) is 1. The first-order valence-corrected chi connectivity index (χ1v) is 14.4. The molecule has 0 aromatic heterocycles. The third kappa shape index (κ3) is 9.62. The van der Waals surface area contributed by atoms with Crippen molar-refractivity contribution in [3.05, 3.63) is 0 Å². The highest BCUT2D eigenvalue weighted by Gasteiger charge is 2.43. The van der Waals surface area contributed by atoms with Crippen LogP contribution in [-0.4, -0.2) is 10.7 Å². The van der Waals surface area contributed by atoms with E-state index in [0.29, 0.717) is 11.8 Å². The Balaban J connectivity index is 1.62. The van der Waals surface area contributed by atoms with Crippen molar-refractivity contribution in [1.82, 2.24) is 0 Å². The second-order valence-electron chi connectivity index (χ2n) is 11.3. The van der Waals surface area contributed by atoms with E-state index in [1.54, 1.807) is 0 Å². The fourth-order valence-corrected chi connectivity index (χ4v) is 6.55. The molecule has 0 saturated heterocycles. The molecular weight excluding hydrogens is 364 g/mol. The molecule has 0 bridgehead atoms. The SMILES string of the molecule is CCCCCCCCCCCCC(C)CCC(O)(C1CCCCC1)C1CCCCC1. The molecule has 178 valence electrons. The summed E-state index contributed by atoms with van der Waals surface area (Å²) in [5.74, 6) is 1.98. The average molecular weight is 421 g/mol. The van der Waals surface area contributed by atoms with Gasteiger partial charge in [0.1, 0.15) is 0 Å². The summed E-state index contributed by atoms with van der Waals surface area (Å²) in [6, 6.07) is 0. The standard InChI is InChI=1S/C29H56O/c1-3-4-5-6-7-8-9-10-11-14-19-26(2)24-25-29(30,27-20-15-12-16-21-27)28-22-17-13-18-23-28/h26-28,30H,3-25H2,1-2H3. The maximum atomic E-state index is 12.0. The summed E-state index contributed by atoms with van der Waals surface area (Å²) in [5, 5.41) is 12.0. The van der Waals surface area contributed by atoms with Crippen LogP contribution in [0.4, 0.5) is 0 Å². The lowest BCUT2D eigenvalue weighted by Crippen LogP contribution is -2.47. The molecule has 1 N–H and O–H groups in total. The van der Waals surface area contributed by atoms with E-state index >= 15 is 0 Å². The molecule has 2 rings (SSSR count). The zero-order valence-electron chi connectivity index (χ0n) is 20.9. The van der Waals surface area contributed by atoms with E-state index in [0.717, 1.165) is 12.3 Å². The van der Waals surface area contributed by atoms with Crippen LogP contribution in [0.15, 0.2) is 0 Å². The van der Waals surface area contributed by atoms with E-state index in [2.05, 4.69) is 13.8 Å². The zero-order valence-corrected chi connectivity index (χ0v) is 20.9. The lowest BCUT2D eigenvalue weighted by Gasteiger charge is -2.46. The van der Waals surface area contributed by atoms with E-state index in [1.165, 1.54) is 141 Å². The van der Waals surface area contributed by atoms with Gasteiger partial charge in [-0.05, 0) is 56.3 Å². The van der Waals surface area contributed by atoms with Crippen LogP contribution >= 0.6 is 0 Å². The van der Waals surface area contributed by atoms with E-state index in [4.69, 9.17) is 0 Å². The molecule has 2 aliphatic carbocycles. The van der Waals surface area contributed by atoms with Gasteiger partial charge in [0.25, 0.3) is 0 Å². The van der Waals surface area contributed by atoms with Crippen LogP contribution in [0.1, 0.15) is 162 Å². The number of hydrogen-bond acceptors (Lipinski definition) is 1. The van der Waals surface area contributed by atoms with Crippen molar-refractivity contribution in [2.45, 2.75) is 167 Å². The summed E-state index contributed by atoms with van der Waals surface area (Å²) in [5.41, 5.74) is -0.340. The Kier molecular flexibility index (Phi) is 13.7. The molecule has 0 spiro atoms. The molecule has 2 fully saturated rings. The molecule has 0 heterocycles. The summed E-state index contributed by atoms with van der Waals surface area (Å²) in [4.78, 5) is 0. The smallest absolute Gasteiger partial charge is 0.0703 e. The Morgan fingerprint density at radius 1 is 0.633 bits per heavy atom. The maximum Gasteiger partial charge on any atom is 0.0703 e. The Morgan fingerprint density at radius 3 is 1.53 bits per heavy atom. The average Bonchev–Trinajstić information content (AvgIpc) is 2.80. The normalized spacial score (nSPS) is 20.5. The lowest BCUT2D eigenvalue weighted by atomic mass is 9.64. The van der Waals surface area contributed by atoms with Gasteiger partial charge in [0.15, 0.2) is 0 Å². The number of rotatable bonds is 16. The van der Waals surface area contributed by atoms with Crippen LogP contribution in [0.3, 0.4) is 0 Å². The monoisotopic (exact) mass is 420 g/mol. The Hall–Kier alpha value is -0.0400. The predicted molar refractivity (Wildman–Crippen MR) is 133 cm³/mol. The van der Waals surface area contributed by atoms with Gasteiger partial charge in [0.05, 0.1) is 5.60 Å². The lowest BCUT2D eigenvalue weighted by molar-refractivity contribution is -0.101. The molecule has 30 heavy (non-hydrogen) atoms. The molecule has 2 aliphatic rings. The minimum atomic E-state index is -0.340. The molecule has 1 heteroatoms. The van der Waals surface area contributed by atoms with E-state index < -0.39 is 0 Å². The highest BCUT2D eigenvalue weighted by molar-refractivity contribution is 4.95. The zero-order chi connectivity index (χ0) is 21.5. The van der Waals surface area contributed by atoms with Crippen LogP contribution in [0, 0.1) is 17.8 Å². The predicted octanol–water partition coefficient (Wildman–Crippen LogP) is 9.61. The summed E-state index contributed by atoms with van der Waals surface area (Å²) in [6.45, 7) is 4.75. The van der Waals surface area contributed by atoms with E-state index in [9.17, 15) is 5.11 Å². The molecule has 0 aromatic carbocycles. The first-order valence-electron chi connectivity index (χ1n) is 14.4. The highest BCUT2D eigenvalue weighted by Crippen LogP contribution is 2.45. The van der Waals surface area contributed by atoms with Crippen molar-refractivity contribution in [2.75, 3.05) is 0 Å². The molecule has 1 unspecified atom stereocenters. The summed E-state index contributed by atoms with van der Waals surface area (Å²) < 4.78 is 0. The second-order valence-corrected chi connectivity index (χ2v) is 11.3. The molecule has 0 aromatic rings. The first kappa shape index (κ1) is 26.2. The van der Waals surface area contributed by atoms with Crippen LogP contribution in [0.5, 0.6) is 0 Å². The first-order chi connectivity index (χ1) is 14.7. The van der Waals surface area contributed by atoms with Gasteiger partial charge in [-0.2, -0.15) is 0 Å². The van der Waals surface area contributed by atoms with Gasteiger partial charge in [-0.3, -0.25) is 0 Å². The Labute approximate surface area is 190 Å². The van der Waals surface area contributed by atoms with Gasteiger partial charge in [0.2, 0.25) is 0 Å². The van der Waals surface area contributed by atoms with Gasteiger partial charge in [-0.15, -0.1) is 0 Å². The van der Waals surface area contributed by atoms with Crippen molar-refractivity contribution < 1.29 is 5.11 Å². The number of unbranched alkanes of at least 4 members (excludes halogenated alkanes) is 9. The quantitative estimate of drug-likeness (QED) is 0.246. The van der Waals surface area contributed by atoms with E-state index in [1.807, 2.05) is 0 Å². The van der Waals surface area contributed by atoms with Gasteiger partial charge in [0, 0.05) is 0 Å². The van der Waals surface area contributed by atoms with Gasteiger partial charge in [-0.1, -0.05) is 123 Å². The maximum absolute atomic E-state index is 12.0. The van der Waals surface area contributed by atoms with Crippen LogP contribution in [0.2, 0.25) is 0 Å². The summed E-state index contributed by atoms with van der Waals surface area (Å²) in [6.07, 6.45) is 31.4. The number of aliphatic hydroxyl groups is 1. The summed E-state index contributed by atoms with van der Waals surface area (Å²) in [7, 11) is 0. The minimum absolute atomic E-state index is 0.340. The third-order valence-electron chi connectivity index (χ3n) is 8.71. The van der Waals surface area contributed by atoms with Crippen molar-refractivity contribution in [2.24, 2.45) is 17.8 Å². The van der Waals surface area contributed by atoms with Crippen molar-refractivity contribution in [1.29, 1.82) is 0 Å². The molecule has 0 aliphatic heterocycles.